The fourth-order valence-electron chi connectivity index (χ4n) is 4.28. The topological polar surface area (TPSA) is 37.3 Å². The fraction of sp³-hybridized carbons (Fsp3) is 0.435. The minimum absolute atomic E-state index is 0.295. The first-order valence-corrected chi connectivity index (χ1v) is 10.3. The van der Waals surface area contributed by atoms with Gasteiger partial charge in [-0.25, -0.2) is 0 Å². The summed E-state index contributed by atoms with van der Waals surface area (Å²) >= 11 is 0. The molecule has 1 fully saturated rings. The minimum Gasteiger partial charge on any atom is -0.343 e. The number of rotatable bonds is 6. The summed E-state index contributed by atoms with van der Waals surface area (Å²) in [5, 5.41) is 6.08. The van der Waals surface area contributed by atoms with E-state index in [0.717, 1.165) is 45.6 Å². The summed E-state index contributed by atoms with van der Waals surface area (Å²) in [4.78, 5) is 14.3. The van der Waals surface area contributed by atoms with Crippen LogP contribution in [0.2, 0.25) is 0 Å². The SMILES string of the molecule is CCn1c2ccccc2c2cc(CNCCC(=O)N3CCCCC3)ccc21. The maximum Gasteiger partial charge on any atom is 0.223 e. The molecule has 3 aromatic rings. The number of piperidine rings is 1. The molecule has 0 saturated carbocycles. The van der Waals surface area contributed by atoms with Crippen LogP contribution in [-0.4, -0.2) is 35.0 Å². The normalized spacial score (nSPS) is 14.9. The van der Waals surface area contributed by atoms with Gasteiger partial charge in [0.1, 0.15) is 0 Å². The molecule has 4 nitrogen and oxygen atoms in total. The number of nitrogens with one attached hydrogen (secondary N) is 1. The summed E-state index contributed by atoms with van der Waals surface area (Å²) in [6, 6.07) is 15.3. The number of likely N-dealkylation sites (tertiary alicyclic amines) is 1. The van der Waals surface area contributed by atoms with Gasteiger partial charge in [-0.15, -0.1) is 0 Å². The zero-order chi connectivity index (χ0) is 18.6. The smallest absolute Gasteiger partial charge is 0.223 e. The Hall–Kier alpha value is -2.33. The largest absolute Gasteiger partial charge is 0.343 e. The van der Waals surface area contributed by atoms with Crippen LogP contribution in [0, 0.1) is 0 Å². The molecule has 0 atom stereocenters. The molecule has 1 aromatic heterocycles. The Labute approximate surface area is 161 Å². The van der Waals surface area contributed by atoms with Crippen molar-refractivity contribution < 1.29 is 4.79 Å². The van der Waals surface area contributed by atoms with E-state index in [1.807, 2.05) is 4.90 Å². The molecule has 4 heteroatoms. The average molecular weight is 364 g/mol. The molecular weight excluding hydrogens is 334 g/mol. The lowest BCUT2D eigenvalue weighted by atomic mass is 10.1. The molecule has 0 radical (unpaired) electrons. The molecule has 0 spiro atoms. The van der Waals surface area contributed by atoms with Crippen LogP contribution in [0.15, 0.2) is 42.5 Å². The van der Waals surface area contributed by atoms with Crippen LogP contribution >= 0.6 is 0 Å². The predicted molar refractivity (Wildman–Crippen MR) is 112 cm³/mol. The van der Waals surface area contributed by atoms with E-state index < -0.39 is 0 Å². The van der Waals surface area contributed by atoms with Crippen LogP contribution < -0.4 is 5.32 Å². The summed E-state index contributed by atoms with van der Waals surface area (Å²) in [6.07, 6.45) is 4.17. The highest BCUT2D eigenvalue weighted by atomic mass is 16.2. The van der Waals surface area contributed by atoms with Crippen LogP contribution in [-0.2, 0) is 17.9 Å². The van der Waals surface area contributed by atoms with Crippen LogP contribution in [0.5, 0.6) is 0 Å². The van der Waals surface area contributed by atoms with E-state index >= 15 is 0 Å². The molecule has 1 aliphatic heterocycles. The van der Waals surface area contributed by atoms with Crippen LogP contribution in [0.1, 0.15) is 38.2 Å². The van der Waals surface area contributed by atoms with Gasteiger partial charge in [0.15, 0.2) is 0 Å². The lowest BCUT2D eigenvalue weighted by Crippen LogP contribution is -2.37. The van der Waals surface area contributed by atoms with Gasteiger partial charge in [0.2, 0.25) is 5.91 Å². The van der Waals surface area contributed by atoms with Gasteiger partial charge in [-0.05, 0) is 49.9 Å². The number of nitrogens with zero attached hydrogens (tertiary/aromatic N) is 2. The summed E-state index contributed by atoms with van der Waals surface area (Å²) in [6.45, 7) is 6.59. The van der Waals surface area contributed by atoms with Gasteiger partial charge in [-0.2, -0.15) is 0 Å². The Morgan fingerprint density at radius 3 is 2.59 bits per heavy atom. The molecular formula is C23H29N3O. The number of carbonyl (C=O) groups is 1. The van der Waals surface area contributed by atoms with E-state index in [1.165, 1.54) is 33.8 Å². The van der Waals surface area contributed by atoms with E-state index in [0.29, 0.717) is 12.3 Å². The van der Waals surface area contributed by atoms with Crippen LogP contribution in [0.25, 0.3) is 21.8 Å². The molecule has 1 N–H and O–H groups in total. The average Bonchev–Trinajstić information content (AvgIpc) is 3.05. The predicted octanol–water partition coefficient (Wildman–Crippen LogP) is 4.31. The maximum atomic E-state index is 12.2. The van der Waals surface area contributed by atoms with Gasteiger partial charge in [0.25, 0.3) is 0 Å². The maximum absolute atomic E-state index is 12.2. The quantitative estimate of drug-likeness (QED) is 0.663. The number of carbonyl (C=O) groups excluding carboxylic acids is 1. The lowest BCUT2D eigenvalue weighted by Gasteiger charge is -2.26. The van der Waals surface area contributed by atoms with E-state index in [2.05, 4.69) is 59.3 Å². The summed E-state index contributed by atoms with van der Waals surface area (Å²) in [5.41, 5.74) is 3.86. The first kappa shape index (κ1) is 18.1. The second kappa shape index (κ2) is 8.13. The van der Waals surface area contributed by atoms with E-state index in [-0.39, 0.29) is 0 Å². The second-order valence-electron chi connectivity index (χ2n) is 7.48. The van der Waals surface area contributed by atoms with Crippen molar-refractivity contribution in [2.75, 3.05) is 19.6 Å². The van der Waals surface area contributed by atoms with Gasteiger partial charge in [-0.1, -0.05) is 24.3 Å². The molecule has 0 aliphatic carbocycles. The minimum atomic E-state index is 0.295. The van der Waals surface area contributed by atoms with Crippen molar-refractivity contribution >= 4 is 27.7 Å². The third-order valence-corrected chi connectivity index (χ3v) is 5.71. The van der Waals surface area contributed by atoms with Crippen molar-refractivity contribution in [2.24, 2.45) is 0 Å². The summed E-state index contributed by atoms with van der Waals surface area (Å²) in [7, 11) is 0. The Balaban J connectivity index is 1.41. The molecule has 1 saturated heterocycles. The summed E-state index contributed by atoms with van der Waals surface area (Å²) < 4.78 is 2.37. The number of amides is 1. The van der Waals surface area contributed by atoms with E-state index in [1.54, 1.807) is 0 Å². The number of aromatic nitrogens is 1. The first-order valence-electron chi connectivity index (χ1n) is 10.3. The molecule has 0 unspecified atom stereocenters. The van der Waals surface area contributed by atoms with Gasteiger partial charge >= 0.3 is 0 Å². The van der Waals surface area contributed by atoms with Crippen molar-refractivity contribution in [3.8, 4) is 0 Å². The molecule has 2 heterocycles. The number of hydrogen-bond donors (Lipinski definition) is 1. The highest BCUT2D eigenvalue weighted by molar-refractivity contribution is 6.08. The van der Waals surface area contributed by atoms with Crippen molar-refractivity contribution in [3.63, 3.8) is 0 Å². The third kappa shape index (κ3) is 3.72. The monoisotopic (exact) mass is 363 g/mol. The van der Waals surface area contributed by atoms with Gasteiger partial charge in [0.05, 0.1) is 0 Å². The van der Waals surface area contributed by atoms with Gasteiger partial charge < -0.3 is 14.8 Å². The lowest BCUT2D eigenvalue weighted by molar-refractivity contribution is -0.131. The van der Waals surface area contributed by atoms with Gasteiger partial charge in [-0.3, -0.25) is 4.79 Å². The van der Waals surface area contributed by atoms with Crippen molar-refractivity contribution in [2.45, 2.75) is 45.7 Å². The highest BCUT2D eigenvalue weighted by Crippen LogP contribution is 2.29. The highest BCUT2D eigenvalue weighted by Gasteiger charge is 2.15. The molecule has 4 rings (SSSR count). The first-order chi connectivity index (χ1) is 13.3. The number of para-hydroxylation sites is 1. The standard InChI is InChI=1S/C23H29N3O/c1-2-26-21-9-5-4-8-19(21)20-16-18(10-11-22(20)26)17-24-13-12-23(27)25-14-6-3-7-15-25/h4-5,8-11,16,24H,2-3,6-7,12-15,17H2,1H3. The van der Waals surface area contributed by atoms with Crippen LogP contribution in [0.3, 0.4) is 0 Å². The zero-order valence-electron chi connectivity index (χ0n) is 16.2. The molecule has 142 valence electrons. The van der Waals surface area contributed by atoms with Crippen molar-refractivity contribution in [3.05, 3.63) is 48.0 Å². The number of hydrogen-bond acceptors (Lipinski definition) is 2. The van der Waals surface area contributed by atoms with Crippen molar-refractivity contribution in [1.29, 1.82) is 0 Å². The Kier molecular flexibility index (Phi) is 5.44. The van der Waals surface area contributed by atoms with Crippen molar-refractivity contribution in [1.82, 2.24) is 14.8 Å². The molecule has 0 bridgehead atoms. The Bertz CT molecular complexity index is 937. The van der Waals surface area contributed by atoms with Gasteiger partial charge in [0, 0.05) is 61.0 Å². The number of aryl methyl sites for hydroxylation is 1. The fourth-order valence-corrected chi connectivity index (χ4v) is 4.28. The van der Waals surface area contributed by atoms with E-state index in [4.69, 9.17) is 0 Å². The molecule has 2 aromatic carbocycles. The second-order valence-corrected chi connectivity index (χ2v) is 7.48. The number of benzene rings is 2. The molecule has 27 heavy (non-hydrogen) atoms. The van der Waals surface area contributed by atoms with E-state index in [9.17, 15) is 4.79 Å². The molecule has 1 aliphatic rings. The Morgan fingerprint density at radius 1 is 1.00 bits per heavy atom. The van der Waals surface area contributed by atoms with Crippen LogP contribution in [0.4, 0.5) is 0 Å². The Morgan fingerprint density at radius 2 is 1.78 bits per heavy atom. The third-order valence-electron chi connectivity index (χ3n) is 5.71. The zero-order valence-corrected chi connectivity index (χ0v) is 16.2. The molecule has 1 amide bonds. The number of fused-ring (bicyclic) bond motifs is 3. The summed E-state index contributed by atoms with van der Waals surface area (Å²) in [5.74, 6) is 0.295.